The molecule has 2 rings (SSSR count). The molecule has 2 saturated carbocycles. The van der Waals surface area contributed by atoms with Crippen molar-refractivity contribution in [3.8, 4) is 0 Å². The first kappa shape index (κ1) is 12.4. The van der Waals surface area contributed by atoms with Gasteiger partial charge in [0.25, 0.3) is 0 Å². The molecule has 0 radical (unpaired) electrons. The van der Waals surface area contributed by atoms with Gasteiger partial charge in [0.05, 0.1) is 6.10 Å². The molecule has 0 spiro atoms. The molecular weight excluding hydrogens is 198 g/mol. The van der Waals surface area contributed by atoms with Crippen molar-refractivity contribution in [2.24, 2.45) is 11.3 Å². The van der Waals surface area contributed by atoms with E-state index in [2.05, 4.69) is 25.8 Å². The van der Waals surface area contributed by atoms with Gasteiger partial charge in [-0.15, -0.1) is 0 Å². The Labute approximate surface area is 100 Å². The van der Waals surface area contributed by atoms with Gasteiger partial charge in [0.1, 0.15) is 0 Å². The first-order chi connectivity index (χ1) is 7.48. The van der Waals surface area contributed by atoms with E-state index in [-0.39, 0.29) is 6.10 Å². The zero-order valence-corrected chi connectivity index (χ0v) is 11.1. The van der Waals surface area contributed by atoms with Crippen molar-refractivity contribution in [3.05, 3.63) is 0 Å². The maximum absolute atomic E-state index is 10.1. The minimum Gasteiger partial charge on any atom is -0.393 e. The van der Waals surface area contributed by atoms with E-state index in [0.717, 1.165) is 19.0 Å². The Kier molecular flexibility index (Phi) is 3.60. The highest BCUT2D eigenvalue weighted by Crippen LogP contribution is 2.39. The zero-order chi connectivity index (χ0) is 11.8. The lowest BCUT2D eigenvalue weighted by atomic mass is 9.70. The topological polar surface area (TPSA) is 23.5 Å². The van der Waals surface area contributed by atoms with E-state index in [1.165, 1.54) is 32.1 Å². The van der Waals surface area contributed by atoms with Gasteiger partial charge in [-0.3, -0.25) is 0 Å². The first-order valence-corrected chi connectivity index (χ1v) is 6.86. The van der Waals surface area contributed by atoms with Gasteiger partial charge in [-0.05, 0) is 50.5 Å². The Morgan fingerprint density at radius 1 is 1.25 bits per heavy atom. The molecule has 2 unspecified atom stereocenters. The predicted molar refractivity (Wildman–Crippen MR) is 67.4 cm³/mol. The summed E-state index contributed by atoms with van der Waals surface area (Å²) < 4.78 is 0. The number of aliphatic hydroxyl groups is 1. The van der Waals surface area contributed by atoms with Crippen LogP contribution in [0, 0.1) is 11.3 Å². The van der Waals surface area contributed by atoms with Crippen molar-refractivity contribution in [1.29, 1.82) is 0 Å². The third kappa shape index (κ3) is 2.78. The van der Waals surface area contributed by atoms with E-state index < -0.39 is 0 Å². The Morgan fingerprint density at radius 2 is 1.94 bits per heavy atom. The molecule has 0 aromatic heterocycles. The highest BCUT2D eigenvalue weighted by Gasteiger charge is 2.35. The summed E-state index contributed by atoms with van der Waals surface area (Å²) in [5, 5.41) is 10.1. The van der Waals surface area contributed by atoms with Crippen LogP contribution in [-0.4, -0.2) is 35.7 Å². The van der Waals surface area contributed by atoms with Crippen molar-refractivity contribution in [3.63, 3.8) is 0 Å². The molecule has 0 bridgehead atoms. The molecule has 0 aromatic carbocycles. The highest BCUT2D eigenvalue weighted by atomic mass is 16.3. The van der Waals surface area contributed by atoms with Crippen molar-refractivity contribution >= 4 is 0 Å². The summed E-state index contributed by atoms with van der Waals surface area (Å²) in [6.07, 6.45) is 7.42. The quantitative estimate of drug-likeness (QED) is 0.798. The van der Waals surface area contributed by atoms with Crippen LogP contribution >= 0.6 is 0 Å². The van der Waals surface area contributed by atoms with Gasteiger partial charge < -0.3 is 10.0 Å². The van der Waals surface area contributed by atoms with Gasteiger partial charge in [0, 0.05) is 12.6 Å². The smallest absolute Gasteiger partial charge is 0.0581 e. The van der Waals surface area contributed by atoms with Crippen LogP contribution in [0.15, 0.2) is 0 Å². The SMILES string of the molecule is CN(CC1CC(C)(C)CCC1O)C1CCC1. The summed E-state index contributed by atoms with van der Waals surface area (Å²) in [4.78, 5) is 2.48. The van der Waals surface area contributed by atoms with E-state index in [1.807, 2.05) is 0 Å². The highest BCUT2D eigenvalue weighted by molar-refractivity contribution is 4.88. The minimum atomic E-state index is -0.0597. The summed E-state index contributed by atoms with van der Waals surface area (Å²) >= 11 is 0. The number of hydrogen-bond acceptors (Lipinski definition) is 2. The van der Waals surface area contributed by atoms with Gasteiger partial charge in [0.2, 0.25) is 0 Å². The number of nitrogens with zero attached hydrogens (tertiary/aromatic N) is 1. The van der Waals surface area contributed by atoms with Gasteiger partial charge in [-0.2, -0.15) is 0 Å². The Morgan fingerprint density at radius 3 is 2.50 bits per heavy atom. The molecule has 2 fully saturated rings. The Bertz CT molecular complexity index is 235. The lowest BCUT2D eigenvalue weighted by molar-refractivity contribution is -0.00378. The van der Waals surface area contributed by atoms with Gasteiger partial charge in [0.15, 0.2) is 0 Å². The maximum Gasteiger partial charge on any atom is 0.0581 e. The molecule has 0 heterocycles. The van der Waals surface area contributed by atoms with Crippen LogP contribution < -0.4 is 0 Å². The third-order valence-corrected chi connectivity index (χ3v) is 4.70. The summed E-state index contributed by atoms with van der Waals surface area (Å²) in [5.74, 6) is 0.495. The zero-order valence-electron chi connectivity index (χ0n) is 11.1. The van der Waals surface area contributed by atoms with Crippen LogP contribution in [0.1, 0.15) is 52.4 Å². The molecule has 2 aliphatic rings. The van der Waals surface area contributed by atoms with Crippen LogP contribution in [0.3, 0.4) is 0 Å². The Balaban J connectivity index is 1.86. The molecule has 0 amide bonds. The average Bonchev–Trinajstić information content (AvgIpc) is 2.08. The van der Waals surface area contributed by atoms with Crippen LogP contribution in [0.25, 0.3) is 0 Å². The summed E-state index contributed by atoms with van der Waals surface area (Å²) in [6, 6.07) is 0.803. The largest absolute Gasteiger partial charge is 0.393 e. The summed E-state index contributed by atoms with van der Waals surface area (Å²) in [6.45, 7) is 5.78. The molecular formula is C14H27NO. The fourth-order valence-electron chi connectivity index (χ4n) is 3.25. The van der Waals surface area contributed by atoms with E-state index in [9.17, 15) is 5.11 Å². The molecule has 2 atom stereocenters. The normalized spacial score (nSPS) is 35.1. The second kappa shape index (κ2) is 4.66. The summed E-state index contributed by atoms with van der Waals surface area (Å²) in [7, 11) is 2.23. The van der Waals surface area contributed by atoms with Gasteiger partial charge in [-0.25, -0.2) is 0 Å². The van der Waals surface area contributed by atoms with Crippen LogP contribution in [0.5, 0.6) is 0 Å². The lowest BCUT2D eigenvalue weighted by Crippen LogP contribution is -2.45. The molecule has 1 N–H and O–H groups in total. The number of hydrogen-bond donors (Lipinski definition) is 1. The molecule has 2 aliphatic carbocycles. The molecule has 0 aromatic rings. The Hall–Kier alpha value is -0.0800. The molecule has 0 aliphatic heterocycles. The molecule has 0 saturated heterocycles. The van der Waals surface area contributed by atoms with Crippen molar-refractivity contribution in [2.75, 3.05) is 13.6 Å². The van der Waals surface area contributed by atoms with E-state index in [1.54, 1.807) is 0 Å². The number of rotatable bonds is 3. The fourth-order valence-corrected chi connectivity index (χ4v) is 3.25. The van der Waals surface area contributed by atoms with Crippen molar-refractivity contribution < 1.29 is 5.11 Å². The molecule has 2 heteroatoms. The van der Waals surface area contributed by atoms with Crippen LogP contribution in [0.4, 0.5) is 0 Å². The van der Waals surface area contributed by atoms with E-state index in [0.29, 0.717) is 11.3 Å². The second-order valence-electron chi connectivity index (χ2n) is 6.76. The molecule has 94 valence electrons. The van der Waals surface area contributed by atoms with Gasteiger partial charge >= 0.3 is 0 Å². The van der Waals surface area contributed by atoms with Crippen molar-refractivity contribution in [2.45, 2.75) is 64.5 Å². The minimum absolute atomic E-state index is 0.0597. The number of aliphatic hydroxyl groups excluding tert-OH is 1. The van der Waals surface area contributed by atoms with E-state index in [4.69, 9.17) is 0 Å². The van der Waals surface area contributed by atoms with Crippen LogP contribution in [-0.2, 0) is 0 Å². The summed E-state index contributed by atoms with van der Waals surface area (Å²) in [5.41, 5.74) is 0.435. The molecule has 16 heavy (non-hydrogen) atoms. The third-order valence-electron chi connectivity index (χ3n) is 4.70. The van der Waals surface area contributed by atoms with Crippen LogP contribution in [0.2, 0.25) is 0 Å². The fraction of sp³-hybridized carbons (Fsp3) is 1.00. The van der Waals surface area contributed by atoms with Crippen molar-refractivity contribution in [1.82, 2.24) is 4.90 Å². The predicted octanol–water partition coefficient (Wildman–Crippen LogP) is 2.66. The lowest BCUT2D eigenvalue weighted by Gasteiger charge is -2.43. The van der Waals surface area contributed by atoms with E-state index >= 15 is 0 Å². The second-order valence-corrected chi connectivity index (χ2v) is 6.76. The maximum atomic E-state index is 10.1. The monoisotopic (exact) mass is 225 g/mol. The average molecular weight is 225 g/mol. The standard InChI is InChI=1S/C14H27NO/c1-14(2)8-7-13(16)11(9-14)10-15(3)12-5-4-6-12/h11-13,16H,4-10H2,1-3H3. The van der Waals surface area contributed by atoms with Gasteiger partial charge in [-0.1, -0.05) is 20.3 Å². The molecule has 2 nitrogen and oxygen atoms in total. The first-order valence-electron chi connectivity index (χ1n) is 6.86.